The topological polar surface area (TPSA) is 26.0 Å². The lowest BCUT2D eigenvalue weighted by atomic mass is 9.98. The van der Waals surface area contributed by atoms with Gasteiger partial charge in [-0.3, -0.25) is 0 Å². The van der Waals surface area contributed by atoms with Gasteiger partial charge in [-0.1, -0.05) is 11.6 Å². The van der Waals surface area contributed by atoms with Crippen molar-refractivity contribution in [2.75, 3.05) is 0 Å². The highest BCUT2D eigenvalue weighted by molar-refractivity contribution is 5.06. The lowest BCUT2D eigenvalue weighted by Gasteiger charge is -2.13. The van der Waals surface area contributed by atoms with Gasteiger partial charge in [-0.2, -0.15) is 0 Å². The highest BCUT2D eigenvalue weighted by Crippen LogP contribution is 2.14. The van der Waals surface area contributed by atoms with Gasteiger partial charge < -0.3 is 5.73 Å². The summed E-state index contributed by atoms with van der Waals surface area (Å²) in [5, 5.41) is 0. The standard InChI is InChI=1S/C7H13N/c1-6-3-2-4-7(8)5-6/h5,7H,2-4,8H2,1H3/t7-/m0/s1. The second-order valence-electron chi connectivity index (χ2n) is 2.57. The first-order valence-electron chi connectivity index (χ1n) is 3.22. The van der Waals surface area contributed by atoms with Crippen LogP contribution in [-0.2, 0) is 0 Å². The fourth-order valence-electron chi connectivity index (χ4n) is 1.15. The first kappa shape index (κ1) is 5.83. The molecule has 1 aliphatic carbocycles. The number of allylic oxidation sites excluding steroid dienone is 1. The van der Waals surface area contributed by atoms with Gasteiger partial charge in [0.05, 0.1) is 0 Å². The molecule has 46 valence electrons. The minimum Gasteiger partial charge on any atom is -0.324 e. The van der Waals surface area contributed by atoms with Crippen molar-refractivity contribution in [1.82, 2.24) is 0 Å². The molecular weight excluding hydrogens is 98.1 g/mol. The second kappa shape index (κ2) is 2.31. The van der Waals surface area contributed by atoms with Gasteiger partial charge in [0, 0.05) is 6.04 Å². The van der Waals surface area contributed by atoms with Gasteiger partial charge in [0.2, 0.25) is 0 Å². The van der Waals surface area contributed by atoms with Crippen molar-refractivity contribution >= 4 is 0 Å². The zero-order chi connectivity index (χ0) is 5.98. The Morgan fingerprint density at radius 3 is 2.88 bits per heavy atom. The van der Waals surface area contributed by atoms with Crippen molar-refractivity contribution < 1.29 is 0 Å². The van der Waals surface area contributed by atoms with E-state index in [0.29, 0.717) is 6.04 Å². The predicted molar refractivity (Wildman–Crippen MR) is 35.6 cm³/mol. The van der Waals surface area contributed by atoms with Crippen LogP contribution in [0.15, 0.2) is 11.6 Å². The van der Waals surface area contributed by atoms with E-state index in [1.165, 1.54) is 24.8 Å². The van der Waals surface area contributed by atoms with E-state index in [2.05, 4.69) is 13.0 Å². The van der Waals surface area contributed by atoms with Crippen LogP contribution in [0.3, 0.4) is 0 Å². The Morgan fingerprint density at radius 1 is 1.75 bits per heavy atom. The van der Waals surface area contributed by atoms with E-state index in [1.807, 2.05) is 0 Å². The largest absolute Gasteiger partial charge is 0.324 e. The fraction of sp³-hybridized carbons (Fsp3) is 0.714. The molecule has 1 aliphatic rings. The third kappa shape index (κ3) is 1.34. The molecule has 0 aromatic heterocycles. The Labute approximate surface area is 50.6 Å². The molecule has 0 aliphatic heterocycles. The Morgan fingerprint density at radius 2 is 2.50 bits per heavy atom. The Balaban J connectivity index is 2.50. The van der Waals surface area contributed by atoms with E-state index in [-0.39, 0.29) is 0 Å². The van der Waals surface area contributed by atoms with Crippen LogP contribution in [-0.4, -0.2) is 6.04 Å². The lowest BCUT2D eigenvalue weighted by molar-refractivity contribution is 0.625. The van der Waals surface area contributed by atoms with Crippen molar-refractivity contribution in [3.8, 4) is 0 Å². The van der Waals surface area contributed by atoms with Crippen LogP contribution < -0.4 is 5.73 Å². The molecule has 0 aromatic rings. The van der Waals surface area contributed by atoms with Crippen LogP contribution in [0.25, 0.3) is 0 Å². The average molecular weight is 111 g/mol. The lowest BCUT2D eigenvalue weighted by Crippen LogP contribution is -2.19. The van der Waals surface area contributed by atoms with Crippen LogP contribution in [0.5, 0.6) is 0 Å². The maximum absolute atomic E-state index is 5.65. The van der Waals surface area contributed by atoms with Crippen LogP contribution in [0, 0.1) is 0 Å². The maximum atomic E-state index is 5.65. The Kier molecular flexibility index (Phi) is 1.69. The van der Waals surface area contributed by atoms with Crippen molar-refractivity contribution in [1.29, 1.82) is 0 Å². The van der Waals surface area contributed by atoms with Gasteiger partial charge in [0.1, 0.15) is 0 Å². The molecule has 0 unspecified atom stereocenters. The van der Waals surface area contributed by atoms with Crippen molar-refractivity contribution in [2.24, 2.45) is 5.73 Å². The second-order valence-corrected chi connectivity index (χ2v) is 2.57. The molecule has 8 heavy (non-hydrogen) atoms. The molecule has 1 heteroatoms. The zero-order valence-electron chi connectivity index (χ0n) is 5.35. The number of hydrogen-bond acceptors (Lipinski definition) is 1. The monoisotopic (exact) mass is 111 g/mol. The summed E-state index contributed by atoms with van der Waals surface area (Å²) < 4.78 is 0. The Hall–Kier alpha value is -0.300. The SMILES string of the molecule is CC1=C[C@@H](N)CCC1. The summed E-state index contributed by atoms with van der Waals surface area (Å²) in [6.45, 7) is 2.15. The molecular formula is C7H13N. The molecule has 0 saturated carbocycles. The van der Waals surface area contributed by atoms with E-state index in [0.717, 1.165) is 0 Å². The minimum atomic E-state index is 0.351. The van der Waals surface area contributed by atoms with Gasteiger partial charge in [-0.25, -0.2) is 0 Å². The molecule has 1 nitrogen and oxygen atoms in total. The average Bonchev–Trinajstić information content (AvgIpc) is 1.64. The molecule has 0 spiro atoms. The molecule has 0 aromatic carbocycles. The highest BCUT2D eigenvalue weighted by atomic mass is 14.6. The molecule has 0 saturated heterocycles. The van der Waals surface area contributed by atoms with E-state index in [4.69, 9.17) is 5.73 Å². The van der Waals surface area contributed by atoms with Gasteiger partial charge in [0.25, 0.3) is 0 Å². The summed E-state index contributed by atoms with van der Waals surface area (Å²) in [4.78, 5) is 0. The summed E-state index contributed by atoms with van der Waals surface area (Å²) in [6.07, 6.45) is 5.89. The van der Waals surface area contributed by atoms with E-state index in [9.17, 15) is 0 Å². The first-order valence-corrected chi connectivity index (χ1v) is 3.22. The van der Waals surface area contributed by atoms with Gasteiger partial charge in [0.15, 0.2) is 0 Å². The van der Waals surface area contributed by atoms with E-state index in [1.54, 1.807) is 0 Å². The highest BCUT2D eigenvalue weighted by Gasteiger charge is 2.04. The molecule has 0 heterocycles. The molecule has 2 N–H and O–H groups in total. The zero-order valence-corrected chi connectivity index (χ0v) is 5.35. The number of rotatable bonds is 0. The predicted octanol–water partition coefficient (Wildman–Crippen LogP) is 1.44. The number of nitrogens with two attached hydrogens (primary N) is 1. The van der Waals surface area contributed by atoms with Gasteiger partial charge >= 0.3 is 0 Å². The summed E-state index contributed by atoms with van der Waals surface area (Å²) in [6, 6.07) is 0.351. The first-order chi connectivity index (χ1) is 3.79. The summed E-state index contributed by atoms with van der Waals surface area (Å²) >= 11 is 0. The van der Waals surface area contributed by atoms with E-state index >= 15 is 0 Å². The molecule has 0 radical (unpaired) electrons. The minimum absolute atomic E-state index is 0.351. The quantitative estimate of drug-likeness (QED) is 0.470. The Bertz CT molecular complexity index is 105. The fourth-order valence-corrected chi connectivity index (χ4v) is 1.15. The smallest absolute Gasteiger partial charge is 0.0226 e. The normalized spacial score (nSPS) is 29.8. The maximum Gasteiger partial charge on any atom is 0.0226 e. The third-order valence-corrected chi connectivity index (χ3v) is 1.61. The molecule has 0 fully saturated rings. The summed E-state index contributed by atoms with van der Waals surface area (Å²) in [5.74, 6) is 0. The van der Waals surface area contributed by atoms with Crippen LogP contribution >= 0.6 is 0 Å². The molecule has 1 atom stereocenters. The third-order valence-electron chi connectivity index (χ3n) is 1.61. The van der Waals surface area contributed by atoms with Crippen LogP contribution in [0.4, 0.5) is 0 Å². The van der Waals surface area contributed by atoms with E-state index < -0.39 is 0 Å². The van der Waals surface area contributed by atoms with Crippen molar-refractivity contribution in [3.05, 3.63) is 11.6 Å². The van der Waals surface area contributed by atoms with Gasteiger partial charge in [-0.05, 0) is 26.2 Å². The summed E-state index contributed by atoms with van der Waals surface area (Å²) in [7, 11) is 0. The van der Waals surface area contributed by atoms with Crippen LogP contribution in [0.1, 0.15) is 26.2 Å². The molecule has 0 bridgehead atoms. The molecule has 0 amide bonds. The number of hydrogen-bond donors (Lipinski definition) is 1. The van der Waals surface area contributed by atoms with Crippen molar-refractivity contribution in [2.45, 2.75) is 32.2 Å². The van der Waals surface area contributed by atoms with Crippen molar-refractivity contribution in [3.63, 3.8) is 0 Å². The van der Waals surface area contributed by atoms with Gasteiger partial charge in [-0.15, -0.1) is 0 Å². The molecule has 1 rings (SSSR count). The van der Waals surface area contributed by atoms with Crippen LogP contribution in [0.2, 0.25) is 0 Å². The summed E-state index contributed by atoms with van der Waals surface area (Å²) in [5.41, 5.74) is 7.11.